The molecule has 158 valence electrons. The van der Waals surface area contributed by atoms with Crippen molar-refractivity contribution in [3.8, 4) is 0 Å². The van der Waals surface area contributed by atoms with Crippen molar-refractivity contribution in [2.24, 2.45) is 0 Å². The Morgan fingerprint density at radius 1 is 1.19 bits per heavy atom. The van der Waals surface area contributed by atoms with Gasteiger partial charge in [0.15, 0.2) is 5.52 Å². The predicted octanol–water partition coefficient (Wildman–Crippen LogP) is 3.83. The fourth-order valence-corrected chi connectivity index (χ4v) is 3.54. The number of fused-ring (bicyclic) bond motifs is 1. The third-order valence-corrected chi connectivity index (χ3v) is 4.95. The summed E-state index contributed by atoms with van der Waals surface area (Å²) in [5.41, 5.74) is 2.63. The normalized spacial score (nSPS) is 11.9. The molecule has 0 radical (unpaired) electrons. The summed E-state index contributed by atoms with van der Waals surface area (Å²) in [5, 5.41) is 31.7. The molecule has 0 bridgehead atoms. The van der Waals surface area contributed by atoms with E-state index >= 15 is 0 Å². The summed E-state index contributed by atoms with van der Waals surface area (Å²) in [6, 6.07) is 14.9. The minimum atomic E-state index is -0.534. The lowest BCUT2D eigenvalue weighted by Crippen LogP contribution is -2.22. The number of hydrogen-bond acceptors (Lipinski definition) is 9. The summed E-state index contributed by atoms with van der Waals surface area (Å²) in [7, 11) is 0. The Balaban J connectivity index is 1.97. The van der Waals surface area contributed by atoms with Crippen LogP contribution >= 0.6 is 0 Å². The maximum Gasteiger partial charge on any atom is 0.323 e. The number of aliphatic hydroxyl groups is 1. The molecular weight excluding hydrogens is 400 g/mol. The Labute approximate surface area is 177 Å². The molecule has 0 fully saturated rings. The van der Waals surface area contributed by atoms with Gasteiger partial charge in [0.2, 0.25) is 5.52 Å². The van der Waals surface area contributed by atoms with Gasteiger partial charge in [-0.25, -0.2) is 4.63 Å². The van der Waals surface area contributed by atoms with E-state index in [-0.39, 0.29) is 41.6 Å². The molecule has 4 aromatic rings. The van der Waals surface area contributed by atoms with Gasteiger partial charge in [0.1, 0.15) is 5.69 Å². The lowest BCUT2D eigenvalue weighted by atomic mass is 10.1. The Kier molecular flexibility index (Phi) is 5.72. The van der Waals surface area contributed by atoms with Crippen molar-refractivity contribution < 1.29 is 14.7 Å². The first-order valence-corrected chi connectivity index (χ1v) is 9.64. The van der Waals surface area contributed by atoms with Gasteiger partial charge in [-0.1, -0.05) is 24.3 Å². The molecule has 1 atom stereocenters. The number of nitrogens with zero attached hydrogens (tertiary/aromatic N) is 5. The number of para-hydroxylation sites is 1. The van der Waals surface area contributed by atoms with Crippen LogP contribution in [0.3, 0.4) is 0 Å². The highest BCUT2D eigenvalue weighted by Gasteiger charge is 2.30. The molecule has 2 aromatic carbocycles. The highest BCUT2D eigenvalue weighted by atomic mass is 16.6. The number of nitrogens with one attached hydrogen (secondary N) is 1. The summed E-state index contributed by atoms with van der Waals surface area (Å²) in [4.78, 5) is 17.5. The average Bonchev–Trinajstić information content (AvgIpc) is 3.28. The van der Waals surface area contributed by atoms with Gasteiger partial charge >= 0.3 is 5.69 Å². The number of nitro groups is 1. The molecule has 2 aromatic heterocycles. The van der Waals surface area contributed by atoms with Gasteiger partial charge in [-0.2, -0.15) is 0 Å². The molecule has 2 N–H and O–H groups in total. The minimum Gasteiger partial charge on any atom is -0.395 e. The SMILES string of the molecule is CC(c1cccnc1)N(c1ccccc1)c1cc(NCCO)c([N+](=O)[O-])c2nonc12. The summed E-state index contributed by atoms with van der Waals surface area (Å²) in [5.74, 6) is 0. The maximum atomic E-state index is 11.8. The van der Waals surface area contributed by atoms with Gasteiger partial charge in [-0.15, -0.1) is 0 Å². The van der Waals surface area contributed by atoms with E-state index in [9.17, 15) is 15.2 Å². The molecule has 0 saturated heterocycles. The zero-order chi connectivity index (χ0) is 21.8. The maximum absolute atomic E-state index is 11.8. The molecule has 0 spiro atoms. The highest BCUT2D eigenvalue weighted by molar-refractivity contribution is 6.01. The smallest absolute Gasteiger partial charge is 0.323 e. The monoisotopic (exact) mass is 420 g/mol. The predicted molar refractivity (Wildman–Crippen MR) is 115 cm³/mol. The second-order valence-corrected chi connectivity index (χ2v) is 6.83. The van der Waals surface area contributed by atoms with Gasteiger partial charge in [-0.05, 0) is 47.1 Å². The molecule has 0 aliphatic rings. The van der Waals surface area contributed by atoms with Crippen LogP contribution in [-0.2, 0) is 0 Å². The molecule has 0 aliphatic carbocycles. The zero-order valence-corrected chi connectivity index (χ0v) is 16.7. The first-order valence-electron chi connectivity index (χ1n) is 9.64. The Bertz CT molecular complexity index is 1180. The molecule has 1 unspecified atom stereocenters. The van der Waals surface area contributed by atoms with E-state index in [0.717, 1.165) is 11.3 Å². The van der Waals surface area contributed by atoms with Gasteiger partial charge in [-0.3, -0.25) is 15.1 Å². The van der Waals surface area contributed by atoms with Gasteiger partial charge in [0.25, 0.3) is 0 Å². The van der Waals surface area contributed by atoms with E-state index in [0.29, 0.717) is 5.69 Å². The standard InChI is InChI=1S/C21H20N6O4/c1-14(15-6-5-9-22-13-15)26(16-7-3-2-4-8-16)18-12-17(23-10-11-28)21(27(29)30)20-19(18)24-31-25-20/h2-9,12-14,23,28H,10-11H2,1H3. The quantitative estimate of drug-likeness (QED) is 0.322. The third-order valence-electron chi connectivity index (χ3n) is 4.95. The largest absolute Gasteiger partial charge is 0.395 e. The Morgan fingerprint density at radius 3 is 2.65 bits per heavy atom. The molecule has 10 heteroatoms. The van der Waals surface area contributed by atoms with Crippen LogP contribution in [0, 0.1) is 10.1 Å². The topological polar surface area (TPSA) is 130 Å². The molecule has 0 aliphatic heterocycles. The highest BCUT2D eigenvalue weighted by Crippen LogP contribution is 2.43. The summed E-state index contributed by atoms with van der Waals surface area (Å²) in [6.07, 6.45) is 3.47. The average molecular weight is 420 g/mol. The van der Waals surface area contributed by atoms with Crippen molar-refractivity contribution in [3.63, 3.8) is 0 Å². The summed E-state index contributed by atoms with van der Waals surface area (Å²) >= 11 is 0. The number of pyridine rings is 1. The van der Waals surface area contributed by atoms with Crippen molar-refractivity contribution in [3.05, 3.63) is 76.6 Å². The van der Waals surface area contributed by atoms with Crippen LogP contribution < -0.4 is 10.2 Å². The molecule has 2 heterocycles. The van der Waals surface area contributed by atoms with E-state index in [1.54, 1.807) is 18.5 Å². The second kappa shape index (κ2) is 8.76. The third kappa shape index (κ3) is 3.88. The van der Waals surface area contributed by atoms with E-state index in [4.69, 9.17) is 4.63 Å². The summed E-state index contributed by atoms with van der Waals surface area (Å²) < 4.78 is 4.91. The lowest BCUT2D eigenvalue weighted by Gasteiger charge is -2.32. The van der Waals surface area contributed by atoms with Crippen molar-refractivity contribution in [2.75, 3.05) is 23.4 Å². The van der Waals surface area contributed by atoms with Gasteiger partial charge in [0, 0.05) is 24.6 Å². The number of rotatable bonds is 8. The van der Waals surface area contributed by atoms with Crippen LogP contribution in [0.1, 0.15) is 18.5 Å². The molecule has 10 nitrogen and oxygen atoms in total. The van der Waals surface area contributed by atoms with Crippen molar-refractivity contribution in [1.29, 1.82) is 0 Å². The van der Waals surface area contributed by atoms with Crippen molar-refractivity contribution >= 4 is 33.8 Å². The van der Waals surface area contributed by atoms with Crippen LogP contribution in [0.4, 0.5) is 22.7 Å². The Hall–Kier alpha value is -4.05. The summed E-state index contributed by atoms with van der Waals surface area (Å²) in [6.45, 7) is 1.96. The number of benzene rings is 2. The molecular formula is C21H20N6O4. The number of aliphatic hydroxyl groups excluding tert-OH is 1. The fourth-order valence-electron chi connectivity index (χ4n) is 3.54. The molecule has 4 rings (SSSR count). The molecule has 31 heavy (non-hydrogen) atoms. The van der Waals surface area contributed by atoms with Gasteiger partial charge < -0.3 is 15.3 Å². The van der Waals surface area contributed by atoms with Crippen LogP contribution in [0.5, 0.6) is 0 Å². The number of hydrogen-bond donors (Lipinski definition) is 2. The van der Waals surface area contributed by atoms with E-state index in [2.05, 4.69) is 20.6 Å². The molecule has 0 saturated carbocycles. The van der Waals surface area contributed by atoms with E-state index < -0.39 is 4.92 Å². The van der Waals surface area contributed by atoms with Crippen LogP contribution in [-0.4, -0.2) is 38.5 Å². The number of nitro benzene ring substituents is 1. The lowest BCUT2D eigenvalue weighted by molar-refractivity contribution is -0.382. The van der Waals surface area contributed by atoms with Crippen molar-refractivity contribution in [2.45, 2.75) is 13.0 Å². The van der Waals surface area contributed by atoms with Crippen molar-refractivity contribution in [1.82, 2.24) is 15.3 Å². The second-order valence-electron chi connectivity index (χ2n) is 6.83. The van der Waals surface area contributed by atoms with E-state index in [1.165, 1.54) is 0 Å². The first-order chi connectivity index (χ1) is 15.1. The zero-order valence-electron chi connectivity index (χ0n) is 16.7. The Morgan fingerprint density at radius 2 is 1.97 bits per heavy atom. The van der Waals surface area contributed by atoms with Crippen LogP contribution in [0.25, 0.3) is 11.0 Å². The number of anilines is 3. The van der Waals surface area contributed by atoms with E-state index in [1.807, 2.05) is 54.3 Å². The molecule has 0 amide bonds. The van der Waals surface area contributed by atoms with Gasteiger partial charge in [0.05, 0.1) is 23.3 Å². The van der Waals surface area contributed by atoms with Crippen LogP contribution in [0.15, 0.2) is 65.6 Å². The fraction of sp³-hybridized carbons (Fsp3) is 0.190. The van der Waals surface area contributed by atoms with Crippen LogP contribution in [0.2, 0.25) is 0 Å². The first kappa shape index (κ1) is 20.2. The minimum absolute atomic E-state index is 0.0299. The number of aromatic nitrogens is 3.